The quantitative estimate of drug-likeness (QED) is 0.220. The summed E-state index contributed by atoms with van der Waals surface area (Å²) < 4.78 is 32.2. The highest BCUT2D eigenvalue weighted by Crippen LogP contribution is 2.52. The van der Waals surface area contributed by atoms with E-state index in [1.165, 1.54) is 0 Å². The molecule has 0 bridgehead atoms. The van der Waals surface area contributed by atoms with Crippen molar-refractivity contribution in [2.24, 2.45) is 23.5 Å². The Morgan fingerprint density at radius 3 is 1.72 bits per heavy atom. The van der Waals surface area contributed by atoms with Gasteiger partial charge in [-0.15, -0.1) is 11.8 Å². The van der Waals surface area contributed by atoms with Crippen molar-refractivity contribution in [1.29, 1.82) is 0 Å². The molecule has 2 unspecified atom stereocenters. The van der Waals surface area contributed by atoms with E-state index >= 15 is 0 Å². The lowest BCUT2D eigenvalue weighted by Gasteiger charge is -2.09. The van der Waals surface area contributed by atoms with Gasteiger partial charge in [0, 0.05) is 25.9 Å². The van der Waals surface area contributed by atoms with Gasteiger partial charge in [-0.3, -0.25) is 0 Å². The predicted octanol–water partition coefficient (Wildman–Crippen LogP) is 1.19. The Hall–Kier alpha value is -1.41. The smallest absolute Gasteiger partial charge is 0.407 e. The van der Waals surface area contributed by atoms with Crippen molar-refractivity contribution >= 4 is 6.09 Å². The van der Waals surface area contributed by atoms with Gasteiger partial charge in [0.05, 0.1) is 72.7 Å². The van der Waals surface area contributed by atoms with E-state index in [1.54, 1.807) is 0 Å². The van der Waals surface area contributed by atoms with Crippen LogP contribution in [0.3, 0.4) is 0 Å². The summed E-state index contributed by atoms with van der Waals surface area (Å²) in [5, 5.41) is 2.72. The summed E-state index contributed by atoms with van der Waals surface area (Å²) in [4.78, 5) is 11.8. The molecule has 0 saturated heterocycles. The Balaban J connectivity index is 1.26. The van der Waals surface area contributed by atoms with Gasteiger partial charge in [-0.25, -0.2) is 4.79 Å². The van der Waals surface area contributed by atoms with Crippen molar-refractivity contribution in [2.75, 3.05) is 85.8 Å². The molecular weight excluding hydrogens is 416 g/mol. The van der Waals surface area contributed by atoms with Crippen molar-refractivity contribution in [2.45, 2.75) is 25.7 Å². The fraction of sp³-hybridized carbons (Fsp3) is 0.870. The summed E-state index contributed by atoms with van der Waals surface area (Å²) in [6, 6.07) is 0. The molecule has 0 aromatic carbocycles. The van der Waals surface area contributed by atoms with Gasteiger partial charge in [-0.2, -0.15) is 0 Å². The number of amides is 1. The lowest BCUT2D eigenvalue weighted by molar-refractivity contribution is -0.0103. The van der Waals surface area contributed by atoms with Gasteiger partial charge in [0.1, 0.15) is 0 Å². The fourth-order valence-electron chi connectivity index (χ4n) is 3.80. The van der Waals surface area contributed by atoms with E-state index in [2.05, 4.69) is 17.2 Å². The van der Waals surface area contributed by atoms with Crippen LogP contribution in [0, 0.1) is 29.6 Å². The topological polar surface area (TPSA) is 111 Å². The lowest BCUT2D eigenvalue weighted by atomic mass is 10.1. The van der Waals surface area contributed by atoms with E-state index in [1.807, 2.05) is 0 Å². The van der Waals surface area contributed by atoms with E-state index in [-0.39, 0.29) is 6.09 Å². The number of hydrogen-bond donors (Lipinski definition) is 2. The molecule has 2 aliphatic rings. The van der Waals surface area contributed by atoms with E-state index in [9.17, 15) is 4.79 Å². The highest BCUT2D eigenvalue weighted by molar-refractivity contribution is 5.67. The minimum atomic E-state index is -0.371. The largest absolute Gasteiger partial charge is 0.449 e. The Morgan fingerprint density at radius 1 is 0.750 bits per heavy atom. The number of nitrogens with one attached hydrogen (secondary N) is 1. The average molecular weight is 457 g/mol. The molecule has 32 heavy (non-hydrogen) atoms. The van der Waals surface area contributed by atoms with Gasteiger partial charge in [-0.1, -0.05) is 0 Å². The molecule has 0 aromatic heterocycles. The second-order valence-electron chi connectivity index (χ2n) is 7.80. The zero-order valence-electron chi connectivity index (χ0n) is 19.2. The van der Waals surface area contributed by atoms with Crippen LogP contribution in [0.15, 0.2) is 0 Å². The number of fused-ring (bicyclic) bond motifs is 1. The molecule has 2 atom stereocenters. The minimum absolute atomic E-state index is 0.371. The number of nitrogens with two attached hydrogens (primary N) is 1. The second kappa shape index (κ2) is 18.1. The summed E-state index contributed by atoms with van der Waals surface area (Å²) in [7, 11) is 0. The number of alkyl carbamates (subject to hydrolysis) is 1. The Kier molecular flexibility index (Phi) is 15.2. The molecule has 0 radical (unpaired) electrons. The van der Waals surface area contributed by atoms with Gasteiger partial charge in [-0.05, 0) is 30.6 Å². The van der Waals surface area contributed by atoms with Crippen LogP contribution in [0.1, 0.15) is 25.7 Å². The lowest BCUT2D eigenvalue weighted by Crippen LogP contribution is -2.29. The maximum atomic E-state index is 11.8. The number of rotatable bonds is 19. The molecule has 3 N–H and O–H groups in total. The molecule has 0 aliphatic heterocycles. The second-order valence-corrected chi connectivity index (χ2v) is 7.80. The van der Waals surface area contributed by atoms with Crippen molar-refractivity contribution in [3.05, 3.63) is 0 Å². The third-order valence-corrected chi connectivity index (χ3v) is 5.51. The number of hydrogen-bond acceptors (Lipinski definition) is 8. The Morgan fingerprint density at radius 2 is 1.22 bits per heavy atom. The van der Waals surface area contributed by atoms with Gasteiger partial charge >= 0.3 is 6.09 Å². The molecule has 1 saturated carbocycles. The third kappa shape index (κ3) is 12.6. The van der Waals surface area contributed by atoms with Crippen LogP contribution in [-0.4, -0.2) is 91.9 Å². The van der Waals surface area contributed by atoms with Gasteiger partial charge in [0.25, 0.3) is 0 Å². The summed E-state index contributed by atoms with van der Waals surface area (Å²) >= 11 is 0. The molecule has 9 heteroatoms. The molecule has 0 aromatic rings. The van der Waals surface area contributed by atoms with Crippen LogP contribution < -0.4 is 11.1 Å². The van der Waals surface area contributed by atoms with Crippen LogP contribution in [0.5, 0.6) is 0 Å². The van der Waals surface area contributed by atoms with Crippen LogP contribution in [0.4, 0.5) is 4.79 Å². The van der Waals surface area contributed by atoms with Crippen LogP contribution in [-0.2, 0) is 28.4 Å². The molecular formula is C23H40N2O7. The first kappa shape index (κ1) is 26.8. The normalized spacial score (nSPS) is 21.6. The van der Waals surface area contributed by atoms with E-state index in [0.29, 0.717) is 104 Å². The monoisotopic (exact) mass is 456 g/mol. The first-order valence-electron chi connectivity index (χ1n) is 11.8. The standard InChI is InChI=1S/C23H40N2O7/c24-7-9-27-11-13-29-15-17-31-18-16-30-14-12-28-10-8-25-23(26)32-19-22-20-5-3-1-2-4-6-21(20)22/h20-22H,3-19,24H2,(H,25,26). The number of carbonyl (C=O) groups is 1. The van der Waals surface area contributed by atoms with Crippen LogP contribution in [0.25, 0.3) is 0 Å². The third-order valence-electron chi connectivity index (χ3n) is 5.51. The summed E-state index contributed by atoms with van der Waals surface area (Å²) in [5.74, 6) is 8.27. The van der Waals surface area contributed by atoms with E-state index in [4.69, 9.17) is 34.2 Å². The van der Waals surface area contributed by atoms with Gasteiger partial charge in [0.15, 0.2) is 0 Å². The first-order valence-corrected chi connectivity index (χ1v) is 11.8. The maximum Gasteiger partial charge on any atom is 0.407 e. The number of ether oxygens (including phenoxy) is 6. The predicted molar refractivity (Wildman–Crippen MR) is 119 cm³/mol. The summed E-state index contributed by atoms with van der Waals surface area (Å²) in [6.07, 6.45) is 3.84. The highest BCUT2D eigenvalue weighted by Gasteiger charge is 2.49. The molecule has 2 rings (SSSR count). The van der Waals surface area contributed by atoms with Crippen LogP contribution in [0.2, 0.25) is 0 Å². The van der Waals surface area contributed by atoms with Crippen molar-refractivity contribution < 1.29 is 33.2 Å². The molecule has 1 fully saturated rings. The van der Waals surface area contributed by atoms with Crippen molar-refractivity contribution in [3.63, 3.8) is 0 Å². The molecule has 2 aliphatic carbocycles. The SMILES string of the molecule is NCCOCCOCCOCCOCCOCCNC(=O)OCC1C2CCC#CCCC21. The summed E-state index contributed by atoms with van der Waals surface area (Å²) in [6.45, 7) is 6.54. The molecule has 0 spiro atoms. The van der Waals surface area contributed by atoms with Gasteiger partial charge in [0.2, 0.25) is 0 Å². The Bertz CT molecular complexity index is 534. The molecule has 0 heterocycles. The van der Waals surface area contributed by atoms with Crippen molar-refractivity contribution in [3.8, 4) is 11.8 Å². The van der Waals surface area contributed by atoms with Crippen molar-refractivity contribution in [1.82, 2.24) is 5.32 Å². The zero-order chi connectivity index (χ0) is 22.7. The highest BCUT2D eigenvalue weighted by atomic mass is 16.6. The van der Waals surface area contributed by atoms with Crippen LogP contribution >= 0.6 is 0 Å². The molecule has 1 amide bonds. The fourth-order valence-corrected chi connectivity index (χ4v) is 3.80. The average Bonchev–Trinajstić information content (AvgIpc) is 3.43. The number of carbonyl (C=O) groups excluding carboxylic acids is 1. The minimum Gasteiger partial charge on any atom is -0.449 e. The first-order chi connectivity index (χ1) is 15.8. The maximum absolute atomic E-state index is 11.8. The van der Waals surface area contributed by atoms with E-state index in [0.717, 1.165) is 25.7 Å². The molecule has 184 valence electrons. The Labute approximate surface area is 191 Å². The summed E-state index contributed by atoms with van der Waals surface area (Å²) in [5.41, 5.74) is 5.32. The van der Waals surface area contributed by atoms with E-state index < -0.39 is 0 Å². The van der Waals surface area contributed by atoms with Gasteiger partial charge < -0.3 is 39.5 Å². The molecule has 9 nitrogen and oxygen atoms in total. The zero-order valence-corrected chi connectivity index (χ0v) is 19.2.